The van der Waals surface area contributed by atoms with Gasteiger partial charge in [-0.05, 0) is 30.7 Å². The molecule has 1 amide bonds. The Bertz CT molecular complexity index is 848. The lowest BCUT2D eigenvalue weighted by Gasteiger charge is -2.05. The quantitative estimate of drug-likeness (QED) is 0.502. The van der Waals surface area contributed by atoms with Gasteiger partial charge in [0.05, 0.1) is 4.90 Å². The molecular weight excluding hydrogens is 396 g/mol. The molecule has 2 aromatic rings. The molecule has 2 rings (SSSR count). The molecule has 0 unspecified atom stereocenters. The number of anilines is 1. The highest BCUT2D eigenvalue weighted by Gasteiger charge is 2.15. The van der Waals surface area contributed by atoms with E-state index in [1.54, 1.807) is 6.92 Å². The number of sulfonamides is 1. The van der Waals surface area contributed by atoms with E-state index in [4.69, 9.17) is 0 Å². The zero-order valence-electron chi connectivity index (χ0n) is 16.4. The predicted octanol–water partition coefficient (Wildman–Crippen LogP) is 3.99. The monoisotopic (exact) mass is 424 g/mol. The molecule has 0 fully saturated rings. The van der Waals surface area contributed by atoms with Crippen LogP contribution in [0.25, 0.3) is 0 Å². The molecule has 0 aliphatic carbocycles. The number of aryl methyl sites for hydroxylation is 1. The van der Waals surface area contributed by atoms with Crippen LogP contribution in [-0.4, -0.2) is 31.1 Å². The first kappa shape index (κ1) is 22.4. The molecule has 9 heteroatoms. The van der Waals surface area contributed by atoms with Gasteiger partial charge in [0.1, 0.15) is 5.01 Å². The van der Waals surface area contributed by atoms with E-state index < -0.39 is 10.0 Å². The van der Waals surface area contributed by atoms with Crippen LogP contribution in [0.4, 0.5) is 5.13 Å². The van der Waals surface area contributed by atoms with E-state index in [2.05, 4.69) is 27.2 Å². The second kappa shape index (κ2) is 11.2. The Morgan fingerprint density at radius 2 is 1.68 bits per heavy atom. The minimum Gasteiger partial charge on any atom is -0.296 e. The molecule has 2 N–H and O–H groups in total. The molecule has 1 heterocycles. The van der Waals surface area contributed by atoms with E-state index in [0.29, 0.717) is 17.2 Å². The van der Waals surface area contributed by atoms with Crippen molar-refractivity contribution in [3.05, 3.63) is 34.8 Å². The molecule has 0 aliphatic rings. The summed E-state index contributed by atoms with van der Waals surface area (Å²) in [5.41, 5.74) is 0.364. The van der Waals surface area contributed by atoms with Crippen LogP contribution < -0.4 is 10.0 Å². The summed E-state index contributed by atoms with van der Waals surface area (Å²) >= 11 is 1.38. The highest BCUT2D eigenvalue weighted by Crippen LogP contribution is 2.19. The number of amides is 1. The molecule has 0 spiro atoms. The van der Waals surface area contributed by atoms with Crippen molar-refractivity contribution in [1.29, 1.82) is 0 Å². The standard InChI is InChI=1S/C19H28N4O3S2/c1-3-5-6-7-8-9-10-17-22-23-19(27-17)21-18(24)15-11-13-16(14-12-15)28(25,26)20-4-2/h11-14,20H,3-10H2,1-2H3,(H,21,23,24). The zero-order chi connectivity index (χ0) is 20.4. The average molecular weight is 425 g/mol. The lowest BCUT2D eigenvalue weighted by atomic mass is 10.1. The maximum atomic E-state index is 12.3. The Hall–Kier alpha value is -1.84. The minimum atomic E-state index is -3.53. The first-order valence-corrected chi connectivity index (χ1v) is 12.0. The number of unbranched alkanes of at least 4 members (excludes halogenated alkanes) is 5. The minimum absolute atomic E-state index is 0.128. The molecule has 7 nitrogen and oxygen atoms in total. The van der Waals surface area contributed by atoms with Crippen molar-refractivity contribution in [2.45, 2.75) is 63.7 Å². The zero-order valence-corrected chi connectivity index (χ0v) is 18.0. The predicted molar refractivity (Wildman–Crippen MR) is 112 cm³/mol. The highest BCUT2D eigenvalue weighted by molar-refractivity contribution is 7.89. The van der Waals surface area contributed by atoms with Gasteiger partial charge in [-0.3, -0.25) is 10.1 Å². The molecule has 0 aliphatic heterocycles. The molecule has 0 saturated heterocycles. The van der Waals surface area contributed by atoms with Crippen LogP contribution >= 0.6 is 11.3 Å². The summed E-state index contributed by atoms with van der Waals surface area (Å²) in [5.74, 6) is -0.338. The van der Waals surface area contributed by atoms with Gasteiger partial charge in [-0.2, -0.15) is 0 Å². The van der Waals surface area contributed by atoms with Gasteiger partial charge in [-0.1, -0.05) is 57.3 Å². The van der Waals surface area contributed by atoms with Crippen LogP contribution in [0, 0.1) is 0 Å². The number of carbonyl (C=O) groups excluding carboxylic acids is 1. The van der Waals surface area contributed by atoms with Crippen LogP contribution in [0.15, 0.2) is 29.2 Å². The summed E-state index contributed by atoms with van der Waals surface area (Å²) in [6.07, 6.45) is 8.19. The second-order valence-corrected chi connectivity index (χ2v) is 9.33. The van der Waals surface area contributed by atoms with Crippen molar-refractivity contribution in [3.63, 3.8) is 0 Å². The average Bonchev–Trinajstić information content (AvgIpc) is 3.12. The van der Waals surface area contributed by atoms with Gasteiger partial charge < -0.3 is 0 Å². The summed E-state index contributed by atoms with van der Waals surface area (Å²) in [4.78, 5) is 12.5. The molecular formula is C19H28N4O3S2. The van der Waals surface area contributed by atoms with Gasteiger partial charge in [-0.25, -0.2) is 13.1 Å². The highest BCUT2D eigenvalue weighted by atomic mass is 32.2. The number of hydrogen-bond donors (Lipinski definition) is 2. The second-order valence-electron chi connectivity index (χ2n) is 6.50. The maximum Gasteiger partial charge on any atom is 0.257 e. The Balaban J connectivity index is 1.85. The van der Waals surface area contributed by atoms with Crippen molar-refractivity contribution in [1.82, 2.24) is 14.9 Å². The molecule has 0 bridgehead atoms. The normalized spacial score (nSPS) is 11.5. The van der Waals surface area contributed by atoms with Gasteiger partial charge >= 0.3 is 0 Å². The molecule has 154 valence electrons. The number of aromatic nitrogens is 2. The lowest BCUT2D eigenvalue weighted by molar-refractivity contribution is 0.102. The van der Waals surface area contributed by atoms with E-state index in [9.17, 15) is 13.2 Å². The summed E-state index contributed by atoms with van der Waals surface area (Å²) in [6.45, 7) is 4.22. The number of nitrogens with one attached hydrogen (secondary N) is 2. The van der Waals surface area contributed by atoms with Crippen LogP contribution in [0.3, 0.4) is 0 Å². The fourth-order valence-corrected chi connectivity index (χ4v) is 4.51. The van der Waals surface area contributed by atoms with Crippen molar-refractivity contribution in [3.8, 4) is 0 Å². The topological polar surface area (TPSA) is 101 Å². The Morgan fingerprint density at radius 3 is 2.36 bits per heavy atom. The molecule has 0 radical (unpaired) electrons. The fourth-order valence-electron chi connectivity index (χ4n) is 2.69. The SMILES string of the molecule is CCCCCCCCc1nnc(NC(=O)c2ccc(S(=O)(=O)NCC)cc2)s1. The Labute approximate surface area is 171 Å². The summed E-state index contributed by atoms with van der Waals surface area (Å²) in [7, 11) is -3.53. The van der Waals surface area contributed by atoms with Crippen molar-refractivity contribution < 1.29 is 13.2 Å². The number of benzene rings is 1. The van der Waals surface area contributed by atoms with Crippen molar-refractivity contribution >= 4 is 32.4 Å². The van der Waals surface area contributed by atoms with Gasteiger partial charge in [0.25, 0.3) is 5.91 Å². The van der Waals surface area contributed by atoms with Gasteiger partial charge in [0.2, 0.25) is 15.2 Å². The summed E-state index contributed by atoms with van der Waals surface area (Å²) in [5, 5.41) is 12.2. The van der Waals surface area contributed by atoms with E-state index in [1.807, 2.05) is 0 Å². The van der Waals surface area contributed by atoms with Crippen LogP contribution in [0.1, 0.15) is 67.7 Å². The molecule has 0 saturated carbocycles. The lowest BCUT2D eigenvalue weighted by Crippen LogP contribution is -2.23. The third-order valence-corrected chi connectivity index (χ3v) is 6.65. The number of hydrogen-bond acceptors (Lipinski definition) is 6. The van der Waals surface area contributed by atoms with E-state index in [0.717, 1.165) is 17.8 Å². The third kappa shape index (κ3) is 6.96. The first-order valence-electron chi connectivity index (χ1n) is 9.69. The summed E-state index contributed by atoms with van der Waals surface area (Å²) in [6, 6.07) is 5.80. The van der Waals surface area contributed by atoms with Crippen molar-refractivity contribution in [2.75, 3.05) is 11.9 Å². The molecule has 28 heavy (non-hydrogen) atoms. The smallest absolute Gasteiger partial charge is 0.257 e. The molecule has 1 aromatic heterocycles. The van der Waals surface area contributed by atoms with Crippen molar-refractivity contribution in [2.24, 2.45) is 0 Å². The first-order chi connectivity index (χ1) is 13.5. The van der Waals surface area contributed by atoms with E-state index in [-0.39, 0.29) is 10.8 Å². The number of rotatable bonds is 12. The van der Waals surface area contributed by atoms with E-state index >= 15 is 0 Å². The van der Waals surface area contributed by atoms with Crippen LogP contribution in [0.2, 0.25) is 0 Å². The van der Waals surface area contributed by atoms with Gasteiger partial charge in [-0.15, -0.1) is 10.2 Å². The number of carbonyl (C=O) groups is 1. The summed E-state index contributed by atoms with van der Waals surface area (Å²) < 4.78 is 26.3. The third-order valence-electron chi connectivity index (χ3n) is 4.19. The number of nitrogens with zero attached hydrogens (tertiary/aromatic N) is 2. The van der Waals surface area contributed by atoms with E-state index in [1.165, 1.54) is 67.7 Å². The van der Waals surface area contributed by atoms with Crippen LogP contribution in [-0.2, 0) is 16.4 Å². The molecule has 1 aromatic carbocycles. The largest absolute Gasteiger partial charge is 0.296 e. The Morgan fingerprint density at radius 1 is 1.00 bits per heavy atom. The van der Waals surface area contributed by atoms with Crippen LogP contribution in [0.5, 0.6) is 0 Å². The Kier molecular flexibility index (Phi) is 9.01. The maximum absolute atomic E-state index is 12.3. The molecule has 0 atom stereocenters. The fraction of sp³-hybridized carbons (Fsp3) is 0.526. The van der Waals surface area contributed by atoms with Gasteiger partial charge in [0.15, 0.2) is 0 Å². The van der Waals surface area contributed by atoms with Gasteiger partial charge in [0, 0.05) is 18.5 Å².